The molecule has 1 N–H and O–H groups in total. The standard InChI is InChI=1S/C19H23FN2/c1-15-17(14-16-8-4-2-5-9-16)10-11-18(19(15)20)21-22-12-6-3-7-13-22/h2,4-5,8-11,21H,3,6-7,12-14H2,1H3. The lowest BCUT2D eigenvalue weighted by Crippen LogP contribution is -2.35. The topological polar surface area (TPSA) is 15.3 Å². The quantitative estimate of drug-likeness (QED) is 0.891. The fourth-order valence-electron chi connectivity index (χ4n) is 2.99. The van der Waals surface area contributed by atoms with Crippen LogP contribution in [0.4, 0.5) is 10.1 Å². The molecule has 3 heteroatoms. The molecule has 116 valence electrons. The van der Waals surface area contributed by atoms with Gasteiger partial charge in [-0.05, 0) is 48.9 Å². The number of nitrogens with zero attached hydrogens (tertiary/aromatic N) is 1. The number of anilines is 1. The molecule has 0 aromatic heterocycles. The highest BCUT2D eigenvalue weighted by atomic mass is 19.1. The maximum atomic E-state index is 14.6. The van der Waals surface area contributed by atoms with E-state index in [1.807, 2.05) is 37.3 Å². The van der Waals surface area contributed by atoms with Crippen molar-refractivity contribution in [3.63, 3.8) is 0 Å². The van der Waals surface area contributed by atoms with Gasteiger partial charge < -0.3 is 5.43 Å². The summed E-state index contributed by atoms with van der Waals surface area (Å²) in [6.45, 7) is 3.85. The Morgan fingerprint density at radius 2 is 1.73 bits per heavy atom. The molecule has 0 spiro atoms. The van der Waals surface area contributed by atoms with Crippen molar-refractivity contribution in [3.05, 3.63) is 65.0 Å². The van der Waals surface area contributed by atoms with Crippen molar-refractivity contribution >= 4 is 5.69 Å². The molecule has 0 bridgehead atoms. The number of rotatable bonds is 4. The Morgan fingerprint density at radius 3 is 2.45 bits per heavy atom. The summed E-state index contributed by atoms with van der Waals surface area (Å²) in [7, 11) is 0. The van der Waals surface area contributed by atoms with Gasteiger partial charge in [-0.25, -0.2) is 9.40 Å². The van der Waals surface area contributed by atoms with Crippen LogP contribution < -0.4 is 5.43 Å². The Morgan fingerprint density at radius 1 is 1.00 bits per heavy atom. The summed E-state index contributed by atoms with van der Waals surface area (Å²) in [6.07, 6.45) is 4.41. The van der Waals surface area contributed by atoms with E-state index in [0.29, 0.717) is 5.69 Å². The average Bonchev–Trinajstić information content (AvgIpc) is 2.56. The highest BCUT2D eigenvalue weighted by Gasteiger charge is 2.14. The van der Waals surface area contributed by atoms with Crippen molar-refractivity contribution < 1.29 is 4.39 Å². The molecule has 2 aromatic rings. The summed E-state index contributed by atoms with van der Waals surface area (Å²) in [5, 5.41) is 2.12. The zero-order valence-electron chi connectivity index (χ0n) is 13.1. The smallest absolute Gasteiger partial charge is 0.150 e. The number of halogens is 1. The molecule has 1 aliphatic rings. The number of benzene rings is 2. The second-order valence-corrected chi connectivity index (χ2v) is 6.03. The Hall–Kier alpha value is -1.87. The third-order valence-corrected chi connectivity index (χ3v) is 4.37. The molecule has 1 aliphatic heterocycles. The van der Waals surface area contributed by atoms with E-state index in [-0.39, 0.29) is 5.82 Å². The first-order chi connectivity index (χ1) is 10.7. The van der Waals surface area contributed by atoms with Crippen LogP contribution in [0.25, 0.3) is 0 Å². The zero-order chi connectivity index (χ0) is 15.4. The monoisotopic (exact) mass is 298 g/mol. The van der Waals surface area contributed by atoms with Gasteiger partial charge in [-0.1, -0.05) is 42.8 Å². The lowest BCUT2D eigenvalue weighted by atomic mass is 9.99. The van der Waals surface area contributed by atoms with Gasteiger partial charge in [0.1, 0.15) is 0 Å². The molecule has 0 radical (unpaired) electrons. The second kappa shape index (κ2) is 6.93. The maximum Gasteiger partial charge on any atom is 0.150 e. The molecule has 0 aliphatic carbocycles. The molecule has 2 nitrogen and oxygen atoms in total. The summed E-state index contributed by atoms with van der Waals surface area (Å²) >= 11 is 0. The lowest BCUT2D eigenvalue weighted by Gasteiger charge is -2.28. The number of hydrogen-bond donors (Lipinski definition) is 1. The van der Waals surface area contributed by atoms with Crippen LogP contribution in [-0.2, 0) is 6.42 Å². The Kier molecular flexibility index (Phi) is 4.74. The van der Waals surface area contributed by atoms with Crippen molar-refractivity contribution in [2.75, 3.05) is 18.5 Å². The summed E-state index contributed by atoms with van der Waals surface area (Å²) in [6, 6.07) is 14.1. The first-order valence-corrected chi connectivity index (χ1v) is 8.07. The molecular formula is C19H23FN2. The van der Waals surface area contributed by atoms with Crippen molar-refractivity contribution in [3.8, 4) is 0 Å². The van der Waals surface area contributed by atoms with Crippen molar-refractivity contribution in [1.82, 2.24) is 5.01 Å². The van der Waals surface area contributed by atoms with Gasteiger partial charge in [0, 0.05) is 13.1 Å². The molecule has 3 rings (SSSR count). The normalized spacial score (nSPS) is 15.7. The van der Waals surface area contributed by atoms with E-state index in [4.69, 9.17) is 0 Å². The van der Waals surface area contributed by atoms with Crippen LogP contribution in [0, 0.1) is 12.7 Å². The van der Waals surface area contributed by atoms with Gasteiger partial charge in [-0.15, -0.1) is 0 Å². The second-order valence-electron chi connectivity index (χ2n) is 6.03. The molecule has 0 atom stereocenters. The Balaban J connectivity index is 1.76. The average molecular weight is 298 g/mol. The fraction of sp³-hybridized carbons (Fsp3) is 0.368. The zero-order valence-corrected chi connectivity index (χ0v) is 13.1. The Labute approximate surface area is 131 Å². The molecule has 0 unspecified atom stereocenters. The lowest BCUT2D eigenvalue weighted by molar-refractivity contribution is 0.272. The van der Waals surface area contributed by atoms with E-state index in [9.17, 15) is 4.39 Å². The van der Waals surface area contributed by atoms with E-state index in [1.54, 1.807) is 0 Å². The van der Waals surface area contributed by atoms with E-state index in [0.717, 1.165) is 30.6 Å². The van der Waals surface area contributed by atoms with Crippen LogP contribution in [0.3, 0.4) is 0 Å². The van der Waals surface area contributed by atoms with E-state index < -0.39 is 0 Å². The maximum absolute atomic E-state index is 14.6. The SMILES string of the molecule is Cc1c(Cc2ccccc2)ccc(NN2CCCCC2)c1F. The highest BCUT2D eigenvalue weighted by Crippen LogP contribution is 2.24. The minimum Gasteiger partial charge on any atom is -0.316 e. The molecule has 1 fully saturated rings. The van der Waals surface area contributed by atoms with Crippen LogP contribution >= 0.6 is 0 Å². The molecule has 0 amide bonds. The third-order valence-electron chi connectivity index (χ3n) is 4.37. The third kappa shape index (κ3) is 3.47. The van der Waals surface area contributed by atoms with Gasteiger partial charge >= 0.3 is 0 Å². The van der Waals surface area contributed by atoms with Gasteiger partial charge in [-0.3, -0.25) is 0 Å². The predicted octanol–water partition coefficient (Wildman–Crippen LogP) is 4.54. The van der Waals surface area contributed by atoms with Gasteiger partial charge in [0.15, 0.2) is 5.82 Å². The Bertz CT molecular complexity index is 619. The molecule has 1 saturated heterocycles. The molecule has 22 heavy (non-hydrogen) atoms. The van der Waals surface area contributed by atoms with Gasteiger partial charge in [0.25, 0.3) is 0 Å². The molecule has 1 heterocycles. The van der Waals surface area contributed by atoms with Gasteiger partial charge in [0.05, 0.1) is 5.69 Å². The van der Waals surface area contributed by atoms with Crippen LogP contribution in [0.5, 0.6) is 0 Å². The predicted molar refractivity (Wildman–Crippen MR) is 89.4 cm³/mol. The van der Waals surface area contributed by atoms with Crippen LogP contribution in [0.1, 0.15) is 36.0 Å². The summed E-state index contributed by atoms with van der Waals surface area (Å²) in [5.74, 6) is -0.126. The van der Waals surface area contributed by atoms with E-state index in [1.165, 1.54) is 24.8 Å². The molecule has 0 saturated carbocycles. The summed E-state index contributed by atoms with van der Waals surface area (Å²) < 4.78 is 14.6. The summed E-state index contributed by atoms with van der Waals surface area (Å²) in [4.78, 5) is 0. The van der Waals surface area contributed by atoms with Crippen molar-refractivity contribution in [2.45, 2.75) is 32.6 Å². The largest absolute Gasteiger partial charge is 0.316 e. The minimum atomic E-state index is -0.126. The van der Waals surface area contributed by atoms with Crippen LogP contribution in [0.15, 0.2) is 42.5 Å². The molecular weight excluding hydrogens is 275 g/mol. The number of nitrogens with one attached hydrogen (secondary N) is 1. The van der Waals surface area contributed by atoms with Gasteiger partial charge in [0.2, 0.25) is 0 Å². The number of hydrogen-bond acceptors (Lipinski definition) is 2. The number of hydrazine groups is 1. The summed E-state index contributed by atoms with van der Waals surface area (Å²) in [5.41, 5.74) is 6.83. The van der Waals surface area contributed by atoms with Gasteiger partial charge in [-0.2, -0.15) is 0 Å². The van der Waals surface area contributed by atoms with Crippen LogP contribution in [0.2, 0.25) is 0 Å². The van der Waals surface area contributed by atoms with E-state index >= 15 is 0 Å². The first-order valence-electron chi connectivity index (χ1n) is 8.07. The number of piperidine rings is 1. The van der Waals surface area contributed by atoms with Crippen molar-refractivity contribution in [2.24, 2.45) is 0 Å². The minimum absolute atomic E-state index is 0.126. The fourth-order valence-corrected chi connectivity index (χ4v) is 2.99. The first kappa shape index (κ1) is 15.0. The van der Waals surface area contributed by atoms with E-state index in [2.05, 4.69) is 22.6 Å². The molecule has 2 aromatic carbocycles. The van der Waals surface area contributed by atoms with Crippen molar-refractivity contribution in [1.29, 1.82) is 0 Å². The van der Waals surface area contributed by atoms with Crippen LogP contribution in [-0.4, -0.2) is 18.1 Å². The highest BCUT2D eigenvalue weighted by molar-refractivity contribution is 5.50.